The second kappa shape index (κ2) is 40.6. The van der Waals surface area contributed by atoms with E-state index in [0.29, 0.717) is 19.3 Å². The number of hydrogen-bond donors (Lipinski definition) is 0. The molecule has 0 aliphatic heterocycles. The van der Waals surface area contributed by atoms with Gasteiger partial charge in [0.1, 0.15) is 13.2 Å². The van der Waals surface area contributed by atoms with Gasteiger partial charge in [0.25, 0.3) is 0 Å². The molecule has 0 aromatic carbocycles. The Morgan fingerprint density at radius 3 is 0.945 bits per heavy atom. The Hall–Kier alpha value is -1.59. The smallest absolute Gasteiger partial charge is 0.306 e. The van der Waals surface area contributed by atoms with Crippen molar-refractivity contribution in [1.82, 2.24) is 0 Å². The molecule has 6 nitrogen and oxygen atoms in total. The molecule has 0 amide bonds. The van der Waals surface area contributed by atoms with E-state index in [0.717, 1.165) is 75.5 Å². The maximum Gasteiger partial charge on any atom is 0.306 e. The van der Waals surface area contributed by atoms with Gasteiger partial charge in [-0.05, 0) is 37.0 Å². The second-order valence-corrected chi connectivity index (χ2v) is 17.9. The highest BCUT2D eigenvalue weighted by molar-refractivity contribution is 5.71. The van der Waals surface area contributed by atoms with Crippen LogP contribution in [0.1, 0.15) is 260 Å². The molecule has 326 valence electrons. The van der Waals surface area contributed by atoms with Crippen LogP contribution in [-0.2, 0) is 28.6 Å². The minimum atomic E-state index is -0.762. The van der Waals surface area contributed by atoms with E-state index in [2.05, 4.69) is 41.5 Å². The van der Waals surface area contributed by atoms with Gasteiger partial charge in [-0.2, -0.15) is 0 Å². The summed E-state index contributed by atoms with van der Waals surface area (Å²) < 4.78 is 16.8. The Bertz CT molecular complexity index is 854. The summed E-state index contributed by atoms with van der Waals surface area (Å²) in [6, 6.07) is 0. The van der Waals surface area contributed by atoms with Gasteiger partial charge in [0.2, 0.25) is 0 Å². The van der Waals surface area contributed by atoms with E-state index in [9.17, 15) is 14.4 Å². The lowest BCUT2D eigenvalue weighted by Gasteiger charge is -2.18. The SMILES string of the molecule is CCC(C)CCCCCCCCCCC(=O)O[C@@H](COC(=O)CCCCCCCCCCCCC(C)C)COC(=O)CCCCCCCCCCCC(C)C. The van der Waals surface area contributed by atoms with Crippen molar-refractivity contribution in [3.63, 3.8) is 0 Å². The fourth-order valence-electron chi connectivity index (χ4n) is 7.20. The van der Waals surface area contributed by atoms with Gasteiger partial charge in [-0.15, -0.1) is 0 Å². The van der Waals surface area contributed by atoms with Gasteiger partial charge in [0.15, 0.2) is 6.10 Å². The molecular formula is C49H94O6. The van der Waals surface area contributed by atoms with Crippen molar-refractivity contribution in [1.29, 1.82) is 0 Å². The minimum absolute atomic E-state index is 0.0659. The van der Waals surface area contributed by atoms with Gasteiger partial charge in [-0.25, -0.2) is 0 Å². The molecule has 2 atom stereocenters. The molecule has 0 aliphatic carbocycles. The molecule has 0 aliphatic rings. The topological polar surface area (TPSA) is 78.9 Å². The fraction of sp³-hybridized carbons (Fsp3) is 0.939. The summed E-state index contributed by atoms with van der Waals surface area (Å²) in [5, 5.41) is 0. The van der Waals surface area contributed by atoms with Gasteiger partial charge in [0.05, 0.1) is 0 Å². The third-order valence-electron chi connectivity index (χ3n) is 11.3. The maximum absolute atomic E-state index is 12.7. The van der Waals surface area contributed by atoms with Crippen molar-refractivity contribution < 1.29 is 28.6 Å². The van der Waals surface area contributed by atoms with Gasteiger partial charge in [-0.1, -0.05) is 221 Å². The van der Waals surface area contributed by atoms with E-state index in [-0.39, 0.29) is 31.1 Å². The summed E-state index contributed by atoms with van der Waals surface area (Å²) in [6.45, 7) is 13.7. The third-order valence-corrected chi connectivity index (χ3v) is 11.3. The monoisotopic (exact) mass is 779 g/mol. The summed E-state index contributed by atoms with van der Waals surface area (Å²) in [5.74, 6) is 1.61. The summed E-state index contributed by atoms with van der Waals surface area (Å²) >= 11 is 0. The Morgan fingerprint density at radius 2 is 0.636 bits per heavy atom. The van der Waals surface area contributed by atoms with Crippen LogP contribution in [0.15, 0.2) is 0 Å². The summed E-state index contributed by atoms with van der Waals surface area (Å²) in [5.41, 5.74) is 0. The van der Waals surface area contributed by atoms with E-state index >= 15 is 0 Å². The highest BCUT2D eigenvalue weighted by atomic mass is 16.6. The Labute approximate surface area is 342 Å². The van der Waals surface area contributed by atoms with Crippen molar-refractivity contribution in [2.75, 3.05) is 13.2 Å². The van der Waals surface area contributed by atoms with Gasteiger partial charge < -0.3 is 14.2 Å². The highest BCUT2D eigenvalue weighted by Gasteiger charge is 2.19. The highest BCUT2D eigenvalue weighted by Crippen LogP contribution is 2.17. The zero-order chi connectivity index (χ0) is 40.6. The third kappa shape index (κ3) is 41.9. The molecule has 0 saturated carbocycles. The molecule has 6 heteroatoms. The second-order valence-electron chi connectivity index (χ2n) is 17.9. The summed E-state index contributed by atoms with van der Waals surface area (Å²) in [7, 11) is 0. The van der Waals surface area contributed by atoms with Crippen LogP contribution in [0.2, 0.25) is 0 Å². The van der Waals surface area contributed by atoms with Crippen LogP contribution in [0.5, 0.6) is 0 Å². The first-order chi connectivity index (χ1) is 26.6. The number of ether oxygens (including phenoxy) is 3. The van der Waals surface area contributed by atoms with Crippen LogP contribution in [0.3, 0.4) is 0 Å². The largest absolute Gasteiger partial charge is 0.462 e. The van der Waals surface area contributed by atoms with E-state index in [1.54, 1.807) is 0 Å². The number of carbonyl (C=O) groups excluding carboxylic acids is 3. The average molecular weight is 779 g/mol. The van der Waals surface area contributed by atoms with Gasteiger partial charge in [0, 0.05) is 19.3 Å². The van der Waals surface area contributed by atoms with Crippen molar-refractivity contribution >= 4 is 17.9 Å². The number of rotatable bonds is 42. The van der Waals surface area contributed by atoms with E-state index in [1.165, 1.54) is 141 Å². The molecule has 0 heterocycles. The van der Waals surface area contributed by atoms with Crippen molar-refractivity contribution in [3.8, 4) is 0 Å². The van der Waals surface area contributed by atoms with Crippen molar-refractivity contribution in [2.24, 2.45) is 17.8 Å². The average Bonchev–Trinajstić information content (AvgIpc) is 3.15. The molecule has 0 spiro atoms. The zero-order valence-corrected chi connectivity index (χ0v) is 37.7. The summed E-state index contributed by atoms with van der Waals surface area (Å²) in [4.78, 5) is 37.8. The minimum Gasteiger partial charge on any atom is -0.462 e. The molecule has 0 radical (unpaired) electrons. The van der Waals surface area contributed by atoms with Crippen molar-refractivity contribution in [3.05, 3.63) is 0 Å². The zero-order valence-electron chi connectivity index (χ0n) is 37.7. The van der Waals surface area contributed by atoms with Gasteiger partial charge >= 0.3 is 17.9 Å². The summed E-state index contributed by atoms with van der Waals surface area (Å²) in [6.07, 6.45) is 38.0. The molecule has 0 aromatic heterocycles. The number of hydrogen-bond acceptors (Lipinski definition) is 6. The molecule has 0 saturated heterocycles. The van der Waals surface area contributed by atoms with E-state index in [1.807, 2.05) is 0 Å². The Kier molecular flexibility index (Phi) is 39.4. The van der Waals surface area contributed by atoms with Crippen LogP contribution in [0.4, 0.5) is 0 Å². The van der Waals surface area contributed by atoms with Gasteiger partial charge in [-0.3, -0.25) is 14.4 Å². The molecular weight excluding hydrogens is 685 g/mol. The van der Waals surface area contributed by atoms with E-state index in [4.69, 9.17) is 14.2 Å². The first-order valence-corrected chi connectivity index (χ1v) is 24.1. The standard InChI is InChI=1S/C49H94O6/c1-7-45(6)37-31-25-19-15-16-22-28-34-40-49(52)55-46(42-54-48(51)39-33-27-21-14-10-12-18-24-30-36-44(4)5)41-53-47(50)38-32-26-20-13-9-8-11-17-23-29-35-43(2)3/h43-46H,7-42H2,1-6H3/t45?,46-/m0/s1. The first-order valence-electron chi connectivity index (χ1n) is 24.1. The van der Waals surface area contributed by atoms with Crippen LogP contribution in [0.25, 0.3) is 0 Å². The molecule has 55 heavy (non-hydrogen) atoms. The van der Waals surface area contributed by atoms with Crippen LogP contribution in [0, 0.1) is 17.8 Å². The quantitative estimate of drug-likeness (QED) is 0.0349. The Morgan fingerprint density at radius 1 is 0.364 bits per heavy atom. The predicted molar refractivity (Wildman–Crippen MR) is 233 cm³/mol. The van der Waals surface area contributed by atoms with Crippen LogP contribution >= 0.6 is 0 Å². The maximum atomic E-state index is 12.7. The number of esters is 3. The van der Waals surface area contributed by atoms with Crippen molar-refractivity contribution in [2.45, 2.75) is 266 Å². The predicted octanol–water partition coefficient (Wildman–Crippen LogP) is 15.2. The normalized spacial score (nSPS) is 12.7. The molecule has 0 fully saturated rings. The number of unbranched alkanes of at least 4 members (excludes halogenated alkanes) is 24. The lowest BCUT2D eigenvalue weighted by molar-refractivity contribution is -0.167. The number of carbonyl (C=O) groups is 3. The molecule has 0 rings (SSSR count). The molecule has 0 bridgehead atoms. The molecule has 1 unspecified atom stereocenters. The lowest BCUT2D eigenvalue weighted by Crippen LogP contribution is -2.30. The lowest BCUT2D eigenvalue weighted by atomic mass is 9.99. The Balaban J connectivity index is 4.35. The van der Waals surface area contributed by atoms with E-state index < -0.39 is 6.10 Å². The van der Waals surface area contributed by atoms with Crippen LogP contribution in [-0.4, -0.2) is 37.2 Å². The van der Waals surface area contributed by atoms with Crippen LogP contribution < -0.4 is 0 Å². The molecule has 0 N–H and O–H groups in total. The fourth-order valence-corrected chi connectivity index (χ4v) is 7.20. The first kappa shape index (κ1) is 53.4. The molecule has 0 aromatic rings.